The summed E-state index contributed by atoms with van der Waals surface area (Å²) in [6.07, 6.45) is -0.0142. The van der Waals surface area contributed by atoms with Crippen LogP contribution in [0.15, 0.2) is 0 Å². The predicted molar refractivity (Wildman–Crippen MR) is 63.7 cm³/mol. The van der Waals surface area contributed by atoms with Gasteiger partial charge < -0.3 is 13.3 Å². The summed E-state index contributed by atoms with van der Waals surface area (Å²) in [6, 6.07) is 0.810. The van der Waals surface area contributed by atoms with Gasteiger partial charge in [-0.05, 0) is 27.3 Å². The van der Waals surface area contributed by atoms with Crippen LogP contribution in [0.4, 0.5) is 0 Å². The van der Waals surface area contributed by atoms with Crippen LogP contribution in [0.5, 0.6) is 0 Å². The van der Waals surface area contributed by atoms with Crippen LogP contribution in [0.3, 0.4) is 0 Å². The molecule has 92 valence electrons. The van der Waals surface area contributed by atoms with Crippen molar-refractivity contribution in [3.63, 3.8) is 0 Å². The van der Waals surface area contributed by atoms with E-state index in [-0.39, 0.29) is 6.23 Å². The summed E-state index contributed by atoms with van der Waals surface area (Å²) in [5.41, 5.74) is 0. The molecule has 0 aliphatic rings. The maximum Gasteiger partial charge on any atom is 0.501 e. The average molecular weight is 235 g/mol. The standard InChI is InChI=1S/C10H25NO3Si/c1-6-11-10(5)14-15(9-4,12-7-2)13-8-3/h10-11H,6-9H2,1-5H3. The van der Waals surface area contributed by atoms with Gasteiger partial charge in [-0.2, -0.15) is 0 Å². The lowest BCUT2D eigenvalue weighted by atomic mass is 10.6. The smallest absolute Gasteiger partial charge is 0.374 e. The zero-order valence-corrected chi connectivity index (χ0v) is 11.6. The van der Waals surface area contributed by atoms with Crippen LogP contribution < -0.4 is 5.32 Å². The maximum atomic E-state index is 5.89. The summed E-state index contributed by atoms with van der Waals surface area (Å²) in [7, 11) is -2.43. The molecular formula is C10H25NO3Si. The van der Waals surface area contributed by atoms with Crippen LogP contribution in [0.25, 0.3) is 0 Å². The van der Waals surface area contributed by atoms with E-state index in [9.17, 15) is 0 Å². The van der Waals surface area contributed by atoms with E-state index >= 15 is 0 Å². The molecule has 0 aliphatic carbocycles. The first kappa shape index (κ1) is 15.1. The van der Waals surface area contributed by atoms with Crippen LogP contribution in [0, 0.1) is 0 Å². The molecule has 0 saturated heterocycles. The molecule has 1 atom stereocenters. The Morgan fingerprint density at radius 2 is 1.60 bits per heavy atom. The van der Waals surface area contributed by atoms with Gasteiger partial charge in [0, 0.05) is 19.3 Å². The number of hydrogen-bond acceptors (Lipinski definition) is 4. The minimum atomic E-state index is -2.43. The highest BCUT2D eigenvalue weighted by Gasteiger charge is 2.40. The molecule has 0 aromatic rings. The maximum absolute atomic E-state index is 5.89. The molecule has 15 heavy (non-hydrogen) atoms. The Bertz CT molecular complexity index is 152. The van der Waals surface area contributed by atoms with E-state index in [2.05, 4.69) is 19.2 Å². The van der Waals surface area contributed by atoms with Crippen molar-refractivity contribution in [1.29, 1.82) is 0 Å². The van der Waals surface area contributed by atoms with Crippen molar-refractivity contribution < 1.29 is 13.3 Å². The van der Waals surface area contributed by atoms with Gasteiger partial charge >= 0.3 is 8.80 Å². The van der Waals surface area contributed by atoms with E-state index in [0.29, 0.717) is 13.2 Å². The van der Waals surface area contributed by atoms with Crippen LogP contribution in [0.1, 0.15) is 34.6 Å². The number of nitrogens with one attached hydrogen (secondary N) is 1. The van der Waals surface area contributed by atoms with Gasteiger partial charge in [-0.3, -0.25) is 5.32 Å². The fraction of sp³-hybridized carbons (Fsp3) is 1.00. The average Bonchev–Trinajstić information content (AvgIpc) is 2.18. The fourth-order valence-electron chi connectivity index (χ4n) is 1.44. The third kappa shape index (κ3) is 5.63. The van der Waals surface area contributed by atoms with Gasteiger partial charge in [-0.15, -0.1) is 0 Å². The Balaban J connectivity index is 4.31. The molecule has 0 rings (SSSR count). The fourth-order valence-corrected chi connectivity index (χ4v) is 3.73. The van der Waals surface area contributed by atoms with Crippen LogP contribution in [-0.2, 0) is 13.3 Å². The van der Waals surface area contributed by atoms with Gasteiger partial charge in [-0.25, -0.2) is 0 Å². The lowest BCUT2D eigenvalue weighted by Gasteiger charge is -2.30. The topological polar surface area (TPSA) is 39.7 Å². The number of rotatable bonds is 9. The second-order valence-electron chi connectivity index (χ2n) is 3.22. The molecule has 0 fully saturated rings. The van der Waals surface area contributed by atoms with Gasteiger partial charge in [0.05, 0.1) is 6.23 Å². The van der Waals surface area contributed by atoms with Gasteiger partial charge in [-0.1, -0.05) is 13.8 Å². The Hall–Kier alpha value is 0.0569. The molecule has 0 saturated carbocycles. The van der Waals surface area contributed by atoms with E-state index in [1.54, 1.807) is 0 Å². The molecule has 0 radical (unpaired) electrons. The highest BCUT2D eigenvalue weighted by molar-refractivity contribution is 6.60. The second kappa shape index (κ2) is 8.24. The van der Waals surface area contributed by atoms with Gasteiger partial charge in [0.1, 0.15) is 0 Å². The molecule has 0 spiro atoms. The van der Waals surface area contributed by atoms with Crippen molar-refractivity contribution in [1.82, 2.24) is 5.32 Å². The molecule has 0 aliphatic heterocycles. The minimum Gasteiger partial charge on any atom is -0.374 e. The minimum absolute atomic E-state index is 0.0142. The van der Waals surface area contributed by atoms with Crippen LogP contribution >= 0.6 is 0 Å². The highest BCUT2D eigenvalue weighted by atomic mass is 28.4. The Morgan fingerprint density at radius 1 is 1.07 bits per heavy atom. The second-order valence-corrected chi connectivity index (χ2v) is 6.11. The lowest BCUT2D eigenvalue weighted by Crippen LogP contribution is -2.50. The molecule has 4 nitrogen and oxygen atoms in total. The molecule has 0 bridgehead atoms. The van der Waals surface area contributed by atoms with Crippen LogP contribution in [0.2, 0.25) is 6.04 Å². The van der Waals surface area contributed by atoms with Gasteiger partial charge in [0.25, 0.3) is 0 Å². The van der Waals surface area contributed by atoms with Gasteiger partial charge in [0.2, 0.25) is 0 Å². The number of hydrogen-bond donors (Lipinski definition) is 1. The van der Waals surface area contributed by atoms with E-state index < -0.39 is 8.80 Å². The Kier molecular flexibility index (Phi) is 8.27. The summed E-state index contributed by atoms with van der Waals surface area (Å²) >= 11 is 0. The van der Waals surface area contributed by atoms with Crippen molar-refractivity contribution in [3.05, 3.63) is 0 Å². The molecular weight excluding hydrogens is 210 g/mol. The summed E-state index contributed by atoms with van der Waals surface area (Å²) in [4.78, 5) is 0. The largest absolute Gasteiger partial charge is 0.501 e. The lowest BCUT2D eigenvalue weighted by molar-refractivity contribution is 0.0283. The Labute approximate surface area is 94.7 Å². The molecule has 0 amide bonds. The van der Waals surface area contributed by atoms with Crippen LogP contribution in [-0.4, -0.2) is 34.8 Å². The third-order valence-corrected chi connectivity index (χ3v) is 5.05. The third-order valence-electron chi connectivity index (χ3n) is 2.01. The summed E-state index contributed by atoms with van der Waals surface area (Å²) in [5.74, 6) is 0. The normalized spacial score (nSPS) is 14.2. The quantitative estimate of drug-likeness (QED) is 0.490. The van der Waals surface area contributed by atoms with E-state index in [4.69, 9.17) is 13.3 Å². The molecule has 1 N–H and O–H groups in total. The monoisotopic (exact) mass is 235 g/mol. The first-order chi connectivity index (χ1) is 7.14. The highest BCUT2D eigenvalue weighted by Crippen LogP contribution is 2.16. The Morgan fingerprint density at radius 3 is 1.93 bits per heavy atom. The van der Waals surface area contributed by atoms with E-state index in [0.717, 1.165) is 12.6 Å². The summed E-state index contributed by atoms with van der Waals surface area (Å²) < 4.78 is 17.3. The SMILES string of the molecule is CCNC(C)O[Si](CC)(OCC)OCC. The first-order valence-electron chi connectivity index (χ1n) is 5.83. The molecule has 1 unspecified atom stereocenters. The summed E-state index contributed by atoms with van der Waals surface area (Å²) in [5, 5.41) is 3.20. The first-order valence-corrected chi connectivity index (χ1v) is 7.76. The molecule has 0 aromatic carbocycles. The molecule has 5 heteroatoms. The van der Waals surface area contributed by atoms with Crippen molar-refractivity contribution in [2.45, 2.75) is 46.9 Å². The zero-order chi connectivity index (χ0) is 11.7. The molecule has 0 aromatic heterocycles. The van der Waals surface area contributed by atoms with Crippen molar-refractivity contribution in [2.75, 3.05) is 19.8 Å². The van der Waals surface area contributed by atoms with E-state index in [1.165, 1.54) is 0 Å². The molecule has 0 heterocycles. The van der Waals surface area contributed by atoms with Crippen molar-refractivity contribution >= 4 is 8.80 Å². The van der Waals surface area contributed by atoms with Crippen molar-refractivity contribution in [2.24, 2.45) is 0 Å². The summed E-state index contributed by atoms with van der Waals surface area (Å²) in [6.45, 7) is 12.2. The zero-order valence-electron chi connectivity index (χ0n) is 10.6. The van der Waals surface area contributed by atoms with Gasteiger partial charge in [0.15, 0.2) is 0 Å². The predicted octanol–water partition coefficient (Wildman–Crippen LogP) is 1.99. The van der Waals surface area contributed by atoms with Crippen molar-refractivity contribution in [3.8, 4) is 0 Å². The van der Waals surface area contributed by atoms with E-state index in [1.807, 2.05) is 20.8 Å².